The molecule has 0 aliphatic carbocycles. The van der Waals surface area contributed by atoms with E-state index in [1.165, 1.54) is 75.8 Å². The summed E-state index contributed by atoms with van der Waals surface area (Å²) in [5, 5.41) is 15.6. The van der Waals surface area contributed by atoms with Crippen molar-refractivity contribution >= 4 is 75.7 Å². The first-order valence-corrected chi connectivity index (χ1v) is 15.2. The van der Waals surface area contributed by atoms with E-state index in [1.54, 1.807) is 0 Å². The predicted octanol–water partition coefficient (Wildman–Crippen LogP) is 11.4. The SMILES string of the molecule is Cc1nc2cc(-c3cc4ccc5cccc6c7cccc8ccc9cccc(c(c3)c4c56)c9c87)ccc2n1-c1ccccc1. The number of rotatable bonds is 2. The van der Waals surface area contributed by atoms with Crippen molar-refractivity contribution in [2.24, 2.45) is 0 Å². The van der Waals surface area contributed by atoms with E-state index in [9.17, 15) is 0 Å². The average molecular weight is 559 g/mol. The van der Waals surface area contributed by atoms with Crippen LogP contribution in [-0.4, -0.2) is 9.55 Å². The van der Waals surface area contributed by atoms with Gasteiger partial charge in [-0.2, -0.15) is 0 Å². The first-order valence-electron chi connectivity index (χ1n) is 15.2. The molecule has 0 aliphatic rings. The first kappa shape index (κ1) is 23.8. The summed E-state index contributed by atoms with van der Waals surface area (Å²) in [6.07, 6.45) is 0. The summed E-state index contributed by atoms with van der Waals surface area (Å²) in [6, 6.07) is 51.4. The molecule has 1 heterocycles. The molecule has 0 amide bonds. The van der Waals surface area contributed by atoms with Crippen molar-refractivity contribution in [1.82, 2.24) is 9.55 Å². The Hall–Kier alpha value is -5.73. The molecule has 44 heavy (non-hydrogen) atoms. The standard InChI is InChI=1S/C42H26N2/c1-25-43-37-24-29(20-21-38(37)44(25)32-11-3-2-4-12-32)31-22-30-19-18-28-9-6-14-34-33-13-5-8-26-16-17-27-10-7-15-35(41(27)39(26)33)36(23-31)42(30)40(28)34/h2-24H,1H3. The van der Waals surface area contributed by atoms with E-state index in [-0.39, 0.29) is 0 Å². The fraction of sp³-hybridized carbons (Fsp3) is 0.0238. The summed E-state index contributed by atoms with van der Waals surface area (Å²) in [4.78, 5) is 5.00. The van der Waals surface area contributed by atoms with Gasteiger partial charge in [0.05, 0.1) is 11.0 Å². The molecule has 0 saturated heterocycles. The third kappa shape index (κ3) is 3.17. The van der Waals surface area contributed by atoms with Gasteiger partial charge in [-0.25, -0.2) is 4.98 Å². The van der Waals surface area contributed by atoms with Crippen molar-refractivity contribution in [3.63, 3.8) is 0 Å². The highest BCUT2D eigenvalue weighted by Crippen LogP contribution is 2.44. The number of hydrogen-bond acceptors (Lipinski definition) is 1. The number of benzene rings is 8. The predicted molar refractivity (Wildman–Crippen MR) is 187 cm³/mol. The molecular weight excluding hydrogens is 532 g/mol. The molecule has 10 aromatic rings. The lowest BCUT2D eigenvalue weighted by molar-refractivity contribution is 1.00. The number of aryl methyl sites for hydroxylation is 1. The molecule has 9 aromatic carbocycles. The van der Waals surface area contributed by atoms with Crippen LogP contribution in [0.15, 0.2) is 140 Å². The van der Waals surface area contributed by atoms with Crippen molar-refractivity contribution < 1.29 is 0 Å². The highest BCUT2D eigenvalue weighted by Gasteiger charge is 2.17. The van der Waals surface area contributed by atoms with Gasteiger partial charge in [-0.15, -0.1) is 0 Å². The highest BCUT2D eigenvalue weighted by atomic mass is 15.1. The molecular formula is C42H26N2. The minimum absolute atomic E-state index is 0.988. The number of fused-ring (bicyclic) bond motifs is 3. The Labute approximate surface area is 253 Å². The first-order chi connectivity index (χ1) is 21.7. The topological polar surface area (TPSA) is 17.8 Å². The second-order valence-corrected chi connectivity index (χ2v) is 12.0. The minimum Gasteiger partial charge on any atom is -0.297 e. The average Bonchev–Trinajstić information content (AvgIpc) is 3.41. The fourth-order valence-corrected chi connectivity index (χ4v) is 7.73. The van der Waals surface area contributed by atoms with Gasteiger partial charge in [0, 0.05) is 5.69 Å². The van der Waals surface area contributed by atoms with Crippen LogP contribution in [0.4, 0.5) is 0 Å². The van der Waals surface area contributed by atoms with Crippen LogP contribution in [0.25, 0.3) is 92.5 Å². The van der Waals surface area contributed by atoms with E-state index in [4.69, 9.17) is 4.98 Å². The Morgan fingerprint density at radius 1 is 0.432 bits per heavy atom. The Morgan fingerprint density at radius 3 is 1.64 bits per heavy atom. The zero-order valence-electron chi connectivity index (χ0n) is 24.2. The van der Waals surface area contributed by atoms with Crippen molar-refractivity contribution in [2.45, 2.75) is 6.92 Å². The van der Waals surface area contributed by atoms with Crippen LogP contribution in [0.3, 0.4) is 0 Å². The molecule has 2 nitrogen and oxygen atoms in total. The Bertz CT molecular complexity index is 2760. The summed E-state index contributed by atoms with van der Waals surface area (Å²) < 4.78 is 2.24. The van der Waals surface area contributed by atoms with Crippen molar-refractivity contribution in [1.29, 1.82) is 0 Å². The van der Waals surface area contributed by atoms with Gasteiger partial charge < -0.3 is 0 Å². The van der Waals surface area contributed by atoms with Crippen molar-refractivity contribution in [3.8, 4) is 16.8 Å². The zero-order valence-corrected chi connectivity index (χ0v) is 24.2. The van der Waals surface area contributed by atoms with E-state index in [0.717, 1.165) is 22.5 Å². The van der Waals surface area contributed by atoms with E-state index >= 15 is 0 Å². The van der Waals surface area contributed by atoms with Gasteiger partial charge in [-0.05, 0) is 119 Å². The van der Waals surface area contributed by atoms with Crippen LogP contribution >= 0.6 is 0 Å². The van der Waals surface area contributed by atoms with E-state index in [2.05, 4.69) is 151 Å². The normalized spacial score (nSPS) is 12.2. The molecule has 0 N–H and O–H groups in total. The smallest absolute Gasteiger partial charge is 0.111 e. The molecule has 10 rings (SSSR count). The van der Waals surface area contributed by atoms with Crippen LogP contribution in [0, 0.1) is 6.92 Å². The van der Waals surface area contributed by atoms with Gasteiger partial charge in [-0.1, -0.05) is 103 Å². The maximum atomic E-state index is 5.00. The second kappa shape index (κ2) is 8.65. The van der Waals surface area contributed by atoms with Crippen molar-refractivity contribution in [3.05, 3.63) is 145 Å². The van der Waals surface area contributed by atoms with Gasteiger partial charge in [0.25, 0.3) is 0 Å². The monoisotopic (exact) mass is 558 g/mol. The summed E-state index contributed by atoms with van der Waals surface area (Å²) in [6.45, 7) is 2.08. The molecule has 0 unspecified atom stereocenters. The summed E-state index contributed by atoms with van der Waals surface area (Å²) in [7, 11) is 0. The number of nitrogens with zero attached hydrogens (tertiary/aromatic N) is 2. The third-order valence-electron chi connectivity index (χ3n) is 9.59. The van der Waals surface area contributed by atoms with E-state index < -0.39 is 0 Å². The quantitative estimate of drug-likeness (QED) is 0.193. The largest absolute Gasteiger partial charge is 0.297 e. The maximum absolute atomic E-state index is 5.00. The zero-order chi connectivity index (χ0) is 28.9. The lowest BCUT2D eigenvalue weighted by atomic mass is 9.86. The second-order valence-electron chi connectivity index (χ2n) is 12.0. The summed E-state index contributed by atoms with van der Waals surface area (Å²) in [5.74, 6) is 0.988. The number of imidazole rings is 1. The van der Waals surface area contributed by atoms with Gasteiger partial charge >= 0.3 is 0 Å². The van der Waals surface area contributed by atoms with Gasteiger partial charge in [-0.3, -0.25) is 4.57 Å². The lowest BCUT2D eigenvalue weighted by Crippen LogP contribution is -1.95. The van der Waals surface area contributed by atoms with Crippen LogP contribution in [0.1, 0.15) is 5.82 Å². The van der Waals surface area contributed by atoms with Crippen LogP contribution < -0.4 is 0 Å². The van der Waals surface area contributed by atoms with Gasteiger partial charge in [0.1, 0.15) is 5.82 Å². The molecule has 1 aromatic heterocycles. The third-order valence-corrected chi connectivity index (χ3v) is 9.59. The molecule has 0 aliphatic heterocycles. The Balaban J connectivity index is 1.36. The Kier molecular flexibility index (Phi) is 4.68. The van der Waals surface area contributed by atoms with Crippen LogP contribution in [0.2, 0.25) is 0 Å². The molecule has 0 bridgehead atoms. The number of hydrogen-bond donors (Lipinski definition) is 0. The molecule has 0 spiro atoms. The lowest BCUT2D eigenvalue weighted by Gasteiger charge is -2.17. The fourth-order valence-electron chi connectivity index (χ4n) is 7.73. The molecule has 0 atom stereocenters. The maximum Gasteiger partial charge on any atom is 0.111 e. The Morgan fingerprint density at radius 2 is 1.00 bits per heavy atom. The highest BCUT2D eigenvalue weighted by molar-refractivity contribution is 6.37. The van der Waals surface area contributed by atoms with Gasteiger partial charge in [0.15, 0.2) is 0 Å². The number of para-hydroxylation sites is 1. The van der Waals surface area contributed by atoms with Gasteiger partial charge in [0.2, 0.25) is 0 Å². The molecule has 0 saturated carbocycles. The molecule has 204 valence electrons. The number of aromatic nitrogens is 2. The minimum atomic E-state index is 0.988. The summed E-state index contributed by atoms with van der Waals surface area (Å²) >= 11 is 0. The molecule has 2 heteroatoms. The van der Waals surface area contributed by atoms with Crippen LogP contribution in [-0.2, 0) is 0 Å². The van der Waals surface area contributed by atoms with E-state index in [1.807, 2.05) is 0 Å². The summed E-state index contributed by atoms with van der Waals surface area (Å²) in [5.41, 5.74) is 5.64. The molecule has 0 fully saturated rings. The van der Waals surface area contributed by atoms with Crippen LogP contribution in [0.5, 0.6) is 0 Å². The van der Waals surface area contributed by atoms with E-state index in [0.29, 0.717) is 0 Å². The van der Waals surface area contributed by atoms with Crippen molar-refractivity contribution in [2.75, 3.05) is 0 Å². The molecule has 0 radical (unpaired) electrons.